The van der Waals surface area contributed by atoms with Crippen LogP contribution in [0.15, 0.2) is 42.5 Å². The van der Waals surface area contributed by atoms with Gasteiger partial charge in [-0.05, 0) is 19.4 Å². The van der Waals surface area contributed by atoms with Crippen LogP contribution >= 0.6 is 11.6 Å². The minimum Gasteiger partial charge on any atom is -0.370 e. The molecule has 6 heteroatoms. The van der Waals surface area contributed by atoms with Gasteiger partial charge in [0.15, 0.2) is 5.78 Å². The lowest BCUT2D eigenvalue weighted by atomic mass is 9.95. The summed E-state index contributed by atoms with van der Waals surface area (Å²) in [6.07, 6.45) is 0.710. The van der Waals surface area contributed by atoms with Gasteiger partial charge >= 0.3 is 0 Å². The van der Waals surface area contributed by atoms with Crippen LogP contribution in [0.1, 0.15) is 57.1 Å². The van der Waals surface area contributed by atoms with E-state index in [9.17, 15) is 9.59 Å². The molecule has 2 rings (SSSR count). The Bertz CT molecular complexity index is 806. The van der Waals surface area contributed by atoms with Crippen molar-refractivity contribution in [2.45, 2.75) is 38.8 Å². The number of hydrogen-bond donors (Lipinski definition) is 2. The molecule has 0 saturated carbocycles. The number of rotatable bonds is 8. The second-order valence-electron chi connectivity index (χ2n) is 6.22. The van der Waals surface area contributed by atoms with Crippen molar-refractivity contribution in [2.24, 2.45) is 5.73 Å². The molecular weight excluding hydrogens is 355 g/mol. The van der Waals surface area contributed by atoms with Gasteiger partial charge in [0, 0.05) is 32.5 Å². The molecule has 0 aromatic heterocycles. The Kier molecular flexibility index (Phi) is 6.89. The molecule has 0 aliphatic heterocycles. The second-order valence-corrected chi connectivity index (χ2v) is 6.63. The summed E-state index contributed by atoms with van der Waals surface area (Å²) in [5.41, 5.74) is 5.78. The van der Waals surface area contributed by atoms with Crippen LogP contribution in [-0.4, -0.2) is 17.7 Å². The molecule has 0 heterocycles. The quantitative estimate of drug-likeness (QED) is 0.662. The first-order valence-corrected chi connectivity index (χ1v) is 8.84. The van der Waals surface area contributed by atoms with Crippen molar-refractivity contribution < 1.29 is 16.8 Å². The van der Waals surface area contributed by atoms with Crippen molar-refractivity contribution in [3.63, 3.8) is 0 Å². The number of carbonyl (C=O) groups is 2. The molecule has 2 aromatic carbocycles. The van der Waals surface area contributed by atoms with E-state index in [-0.39, 0.29) is 31.9 Å². The first-order valence-electron chi connectivity index (χ1n) is 8.47. The summed E-state index contributed by atoms with van der Waals surface area (Å²) in [5.74, 6) is -1.54. The molecule has 0 bridgehead atoms. The van der Waals surface area contributed by atoms with Crippen molar-refractivity contribution in [3.8, 4) is 0 Å². The Morgan fingerprint density at radius 3 is 2.46 bits per heavy atom. The van der Waals surface area contributed by atoms with E-state index in [1.807, 2.05) is 6.92 Å². The van der Waals surface area contributed by atoms with Gasteiger partial charge in [-0.3, -0.25) is 9.59 Å². The number of primary amides is 1. The monoisotopic (exact) mass is 380 g/mol. The SMILES string of the molecule is CC[C@H](N[C@H](C)CC(N)=O)c1ccc(Cl)c(C(=O)c2ccccc2)c1F.[HH].[HH]. The fourth-order valence-electron chi connectivity index (χ4n) is 2.91. The predicted octanol–water partition coefficient (Wildman–Crippen LogP) is 4.51. The molecule has 0 spiro atoms. The van der Waals surface area contributed by atoms with E-state index in [1.165, 1.54) is 6.07 Å². The minimum absolute atomic E-state index is 0. The molecule has 2 aromatic rings. The molecule has 3 N–H and O–H groups in total. The van der Waals surface area contributed by atoms with E-state index >= 15 is 4.39 Å². The topological polar surface area (TPSA) is 72.2 Å². The van der Waals surface area contributed by atoms with Gasteiger partial charge in [-0.2, -0.15) is 0 Å². The summed E-state index contributed by atoms with van der Waals surface area (Å²) >= 11 is 6.13. The van der Waals surface area contributed by atoms with Gasteiger partial charge < -0.3 is 11.1 Å². The molecule has 2 atom stereocenters. The number of amides is 1. The van der Waals surface area contributed by atoms with Crippen LogP contribution < -0.4 is 11.1 Å². The molecule has 0 saturated heterocycles. The highest BCUT2D eigenvalue weighted by atomic mass is 35.5. The maximum atomic E-state index is 15.2. The number of carbonyl (C=O) groups excluding carboxylic acids is 2. The first-order chi connectivity index (χ1) is 12.3. The van der Waals surface area contributed by atoms with E-state index in [0.717, 1.165) is 0 Å². The Labute approximate surface area is 160 Å². The molecular formula is C20H26ClFN2O2. The molecule has 26 heavy (non-hydrogen) atoms. The van der Waals surface area contributed by atoms with Crippen LogP contribution in [0.4, 0.5) is 4.39 Å². The number of nitrogens with two attached hydrogens (primary N) is 1. The standard InChI is InChI=1S/C20H22ClFN2O2.2H2/c1-3-16(24-12(2)11-17(23)25)14-9-10-15(21)18(19(14)22)20(26)13-7-5-4-6-8-13;;/h4-10,12,16,24H,3,11H2,1-2H3,(H2,23,25);2*1H/t12-,16+;;/m1../s1. The molecule has 1 amide bonds. The third kappa shape index (κ3) is 4.68. The zero-order valence-electron chi connectivity index (χ0n) is 14.8. The van der Waals surface area contributed by atoms with Crippen LogP contribution in [0.2, 0.25) is 5.02 Å². The van der Waals surface area contributed by atoms with Crippen molar-refractivity contribution in [3.05, 3.63) is 70.0 Å². The Morgan fingerprint density at radius 1 is 1.23 bits per heavy atom. The van der Waals surface area contributed by atoms with Gasteiger partial charge in [0.05, 0.1) is 10.6 Å². The third-order valence-corrected chi connectivity index (χ3v) is 4.48. The molecule has 0 radical (unpaired) electrons. The summed E-state index contributed by atoms with van der Waals surface area (Å²) in [5, 5.41) is 3.25. The lowest BCUT2D eigenvalue weighted by Gasteiger charge is -2.23. The fraction of sp³-hybridized carbons (Fsp3) is 0.300. The molecule has 4 nitrogen and oxygen atoms in total. The van der Waals surface area contributed by atoms with Crippen molar-refractivity contribution in [2.75, 3.05) is 0 Å². The normalized spacial score (nSPS) is 13.2. The van der Waals surface area contributed by atoms with E-state index in [1.54, 1.807) is 43.3 Å². The molecule has 0 unspecified atom stereocenters. The van der Waals surface area contributed by atoms with Crippen molar-refractivity contribution in [1.82, 2.24) is 5.32 Å². The van der Waals surface area contributed by atoms with Gasteiger partial charge in [-0.15, -0.1) is 0 Å². The van der Waals surface area contributed by atoms with Gasteiger partial charge in [0.25, 0.3) is 0 Å². The third-order valence-electron chi connectivity index (χ3n) is 4.16. The van der Waals surface area contributed by atoms with E-state index in [0.29, 0.717) is 17.5 Å². The summed E-state index contributed by atoms with van der Waals surface area (Å²) in [7, 11) is 0. The lowest BCUT2D eigenvalue weighted by Crippen LogP contribution is -2.34. The number of benzene rings is 2. The highest BCUT2D eigenvalue weighted by Crippen LogP contribution is 2.30. The van der Waals surface area contributed by atoms with Gasteiger partial charge in [-0.25, -0.2) is 4.39 Å². The van der Waals surface area contributed by atoms with E-state index in [4.69, 9.17) is 17.3 Å². The zero-order chi connectivity index (χ0) is 19.3. The van der Waals surface area contributed by atoms with Crippen LogP contribution in [0.25, 0.3) is 0 Å². The van der Waals surface area contributed by atoms with Crippen LogP contribution in [0, 0.1) is 5.82 Å². The molecule has 0 aliphatic rings. The van der Waals surface area contributed by atoms with Crippen LogP contribution in [-0.2, 0) is 4.79 Å². The van der Waals surface area contributed by atoms with Gasteiger partial charge in [0.1, 0.15) is 5.82 Å². The summed E-state index contributed by atoms with van der Waals surface area (Å²) in [6.45, 7) is 3.69. The fourth-order valence-corrected chi connectivity index (χ4v) is 3.14. The summed E-state index contributed by atoms with van der Waals surface area (Å²) in [6, 6.07) is 10.9. The number of halogens is 2. The highest BCUT2D eigenvalue weighted by molar-refractivity contribution is 6.35. The second kappa shape index (κ2) is 8.92. The van der Waals surface area contributed by atoms with Gasteiger partial charge in [-0.1, -0.05) is 54.9 Å². The van der Waals surface area contributed by atoms with E-state index < -0.39 is 17.5 Å². The Balaban J connectivity index is 0.00000364. The number of hydrogen-bond acceptors (Lipinski definition) is 3. The Morgan fingerprint density at radius 2 is 1.88 bits per heavy atom. The summed E-state index contributed by atoms with van der Waals surface area (Å²) < 4.78 is 15.2. The average Bonchev–Trinajstić information content (AvgIpc) is 2.60. The maximum absolute atomic E-state index is 15.2. The van der Waals surface area contributed by atoms with Crippen LogP contribution in [0.5, 0.6) is 0 Å². The first kappa shape index (κ1) is 20.1. The zero-order valence-corrected chi connectivity index (χ0v) is 15.5. The summed E-state index contributed by atoms with van der Waals surface area (Å²) in [4.78, 5) is 23.8. The lowest BCUT2D eigenvalue weighted by molar-refractivity contribution is -0.118. The molecule has 142 valence electrons. The molecule has 0 fully saturated rings. The largest absolute Gasteiger partial charge is 0.370 e. The highest BCUT2D eigenvalue weighted by Gasteiger charge is 2.24. The number of nitrogens with one attached hydrogen (secondary N) is 1. The molecule has 0 aliphatic carbocycles. The van der Waals surface area contributed by atoms with Crippen LogP contribution in [0.3, 0.4) is 0 Å². The van der Waals surface area contributed by atoms with E-state index in [2.05, 4.69) is 5.32 Å². The smallest absolute Gasteiger partial charge is 0.218 e. The Hall–Kier alpha value is -2.24. The predicted molar refractivity (Wildman–Crippen MR) is 105 cm³/mol. The van der Waals surface area contributed by atoms with Gasteiger partial charge in [0.2, 0.25) is 5.91 Å². The number of ketones is 1. The average molecular weight is 381 g/mol. The van der Waals surface area contributed by atoms with Crippen molar-refractivity contribution in [1.29, 1.82) is 0 Å². The maximum Gasteiger partial charge on any atom is 0.218 e. The minimum atomic E-state index is -0.642. The van der Waals surface area contributed by atoms with Crippen molar-refractivity contribution >= 4 is 23.3 Å².